The van der Waals surface area contributed by atoms with Gasteiger partial charge in [-0.05, 0) is 122 Å². The molecule has 5 aromatic carbocycles. The molecule has 0 atom stereocenters. The highest BCUT2D eigenvalue weighted by Gasteiger charge is 2.47. The molecule has 6 rings (SSSR count). The summed E-state index contributed by atoms with van der Waals surface area (Å²) in [6.07, 6.45) is 0. The molecule has 0 unspecified atom stereocenters. The van der Waals surface area contributed by atoms with Crippen LogP contribution in [-0.4, -0.2) is 163 Å². The molecular formula is C63H84O16. The fourth-order valence-electron chi connectivity index (χ4n) is 9.22. The van der Waals surface area contributed by atoms with Crippen LogP contribution < -0.4 is 9.47 Å². The third-order valence-corrected chi connectivity index (χ3v) is 12.9. The number of aliphatic hydroxyl groups is 1. The van der Waals surface area contributed by atoms with Crippen LogP contribution >= 0.6 is 0 Å². The van der Waals surface area contributed by atoms with Crippen molar-refractivity contribution in [2.24, 2.45) is 0 Å². The van der Waals surface area contributed by atoms with Gasteiger partial charge in [-0.2, -0.15) is 0 Å². The molecule has 0 fully saturated rings. The predicted molar refractivity (Wildman–Crippen MR) is 302 cm³/mol. The van der Waals surface area contributed by atoms with Gasteiger partial charge >= 0.3 is 11.9 Å². The van der Waals surface area contributed by atoms with E-state index in [1.165, 1.54) is 0 Å². The number of benzene rings is 5. The Morgan fingerprint density at radius 1 is 0.443 bits per heavy atom. The second-order valence-electron chi connectivity index (χ2n) is 18.7. The van der Waals surface area contributed by atoms with E-state index < -0.39 is 11.4 Å². The third kappa shape index (κ3) is 18.9. The molecule has 79 heavy (non-hydrogen) atoms. The average molecular weight is 1100 g/mol. The van der Waals surface area contributed by atoms with Crippen molar-refractivity contribution in [2.45, 2.75) is 60.5 Å². The lowest BCUT2D eigenvalue weighted by Crippen LogP contribution is -2.29. The van der Waals surface area contributed by atoms with Crippen molar-refractivity contribution in [1.82, 2.24) is 0 Å². The van der Waals surface area contributed by atoms with E-state index in [-0.39, 0.29) is 25.8 Å². The summed E-state index contributed by atoms with van der Waals surface area (Å²) in [4.78, 5) is 25.7. The second-order valence-corrected chi connectivity index (χ2v) is 18.7. The Balaban J connectivity index is 0.000000400. The number of ether oxygens (including phenoxy) is 13. The van der Waals surface area contributed by atoms with Crippen LogP contribution in [0.2, 0.25) is 0 Å². The lowest BCUT2D eigenvalue weighted by atomic mass is 9.66. The van der Waals surface area contributed by atoms with Crippen LogP contribution in [0.3, 0.4) is 0 Å². The van der Waals surface area contributed by atoms with Crippen LogP contribution in [-0.2, 0) is 64.1 Å². The molecule has 16 heteroatoms. The van der Waals surface area contributed by atoms with Crippen LogP contribution in [0.15, 0.2) is 84.9 Å². The van der Waals surface area contributed by atoms with Crippen molar-refractivity contribution >= 4 is 11.9 Å². The second kappa shape index (κ2) is 35.1. The first kappa shape index (κ1) is 64.1. The SMILES string of the molecule is CCOC(=O)c1cc(C)cc(C)c1OCCOCCOCCOC.CCOC(=O)c1cc(C2(c3ccc(COCCOCCOCCO)c(C)c3)c3cc(C)ccc3-c3ccc(C)cc32)ccc1OCCOCCOCCOC. The van der Waals surface area contributed by atoms with E-state index in [1.54, 1.807) is 34.1 Å². The maximum absolute atomic E-state index is 13.7. The number of esters is 2. The molecule has 0 aliphatic heterocycles. The van der Waals surface area contributed by atoms with Gasteiger partial charge in [0.05, 0.1) is 131 Å². The van der Waals surface area contributed by atoms with E-state index in [1.807, 2.05) is 32.0 Å². The van der Waals surface area contributed by atoms with Crippen LogP contribution in [0.5, 0.6) is 11.5 Å². The van der Waals surface area contributed by atoms with Crippen molar-refractivity contribution in [1.29, 1.82) is 0 Å². The minimum atomic E-state index is -0.746. The molecule has 0 amide bonds. The Morgan fingerprint density at radius 2 is 0.911 bits per heavy atom. The van der Waals surface area contributed by atoms with Gasteiger partial charge < -0.3 is 66.7 Å². The van der Waals surface area contributed by atoms with Gasteiger partial charge in [-0.3, -0.25) is 0 Å². The number of methoxy groups -OCH3 is 2. The van der Waals surface area contributed by atoms with E-state index in [0.29, 0.717) is 142 Å². The van der Waals surface area contributed by atoms with Gasteiger partial charge in [0, 0.05) is 14.2 Å². The molecule has 16 nitrogen and oxygen atoms in total. The third-order valence-electron chi connectivity index (χ3n) is 12.9. The number of carbonyl (C=O) groups is 2. The Morgan fingerprint density at radius 3 is 1.43 bits per heavy atom. The first-order chi connectivity index (χ1) is 38.4. The molecule has 0 radical (unpaired) electrons. The first-order valence-electron chi connectivity index (χ1n) is 27.3. The first-order valence-corrected chi connectivity index (χ1v) is 27.3. The normalized spacial score (nSPS) is 12.1. The number of hydrogen-bond donors (Lipinski definition) is 1. The monoisotopic (exact) mass is 1100 g/mol. The minimum absolute atomic E-state index is 0.000790. The fraction of sp³-hybridized carbons (Fsp3) is 0.492. The lowest BCUT2D eigenvalue weighted by Gasteiger charge is -2.35. The molecule has 0 saturated carbocycles. The van der Waals surface area contributed by atoms with E-state index in [2.05, 4.69) is 81.4 Å². The molecule has 432 valence electrons. The highest BCUT2D eigenvalue weighted by molar-refractivity contribution is 5.94. The Kier molecular flexibility index (Phi) is 28.4. The Labute approximate surface area is 467 Å². The summed E-state index contributed by atoms with van der Waals surface area (Å²) in [5, 5.41) is 8.84. The maximum atomic E-state index is 13.7. The predicted octanol–water partition coefficient (Wildman–Crippen LogP) is 9.29. The van der Waals surface area contributed by atoms with Gasteiger partial charge in [0.25, 0.3) is 0 Å². The minimum Gasteiger partial charge on any atom is -0.490 e. The number of aryl methyl sites for hydroxylation is 5. The van der Waals surface area contributed by atoms with E-state index >= 15 is 0 Å². The van der Waals surface area contributed by atoms with E-state index in [9.17, 15) is 9.59 Å². The number of carbonyl (C=O) groups excluding carboxylic acids is 2. The van der Waals surface area contributed by atoms with Crippen molar-refractivity contribution in [3.8, 4) is 22.6 Å². The Bertz CT molecular complexity index is 2580. The zero-order valence-electron chi connectivity index (χ0n) is 48.0. The summed E-state index contributed by atoms with van der Waals surface area (Å²) in [5.41, 5.74) is 13.1. The van der Waals surface area contributed by atoms with Crippen molar-refractivity contribution in [3.63, 3.8) is 0 Å². The van der Waals surface area contributed by atoms with Crippen molar-refractivity contribution < 1.29 is 76.3 Å². The van der Waals surface area contributed by atoms with Crippen LogP contribution in [0.4, 0.5) is 0 Å². The molecule has 1 N–H and O–H groups in total. The summed E-state index contributed by atoms with van der Waals surface area (Å²) >= 11 is 0. The largest absolute Gasteiger partial charge is 0.490 e. The van der Waals surface area contributed by atoms with Crippen molar-refractivity contribution in [3.05, 3.63) is 152 Å². The van der Waals surface area contributed by atoms with Gasteiger partial charge in [-0.15, -0.1) is 0 Å². The standard InChI is InChI=1S/C45H56O10.C18H28O6/c1-6-54-44(47)40-30-37(11-14-43(40)55-26-25-52-22-21-50-18-17-48-5)45(41-27-32(2)7-12-38(41)39-13-8-33(3)28-42(39)45)36-10-9-35(34(4)29-36)31-53-24-23-51-20-19-49-16-15-46;1-5-23-18(19)16-13-14(2)12-15(3)17(16)24-11-10-22-9-8-21-7-6-20-4/h7-14,27-30,46H,6,15-26,31H2,1-5H3;12-13H,5-11H2,1-4H3. The molecule has 1 aliphatic rings. The topological polar surface area (TPSA) is 174 Å². The van der Waals surface area contributed by atoms with Gasteiger partial charge in [-0.25, -0.2) is 9.59 Å². The zero-order valence-corrected chi connectivity index (χ0v) is 48.0. The van der Waals surface area contributed by atoms with Gasteiger partial charge in [0.2, 0.25) is 0 Å². The summed E-state index contributed by atoms with van der Waals surface area (Å²) < 4.78 is 71.3. The van der Waals surface area contributed by atoms with E-state index in [0.717, 1.165) is 66.8 Å². The summed E-state index contributed by atoms with van der Waals surface area (Å²) in [5.74, 6) is 0.180. The molecule has 0 aromatic heterocycles. The molecule has 0 heterocycles. The van der Waals surface area contributed by atoms with E-state index in [4.69, 9.17) is 66.7 Å². The summed E-state index contributed by atoms with van der Waals surface area (Å²) in [7, 11) is 3.27. The average Bonchev–Trinajstić information content (AvgIpc) is 3.88. The molecular weight excluding hydrogens is 1010 g/mol. The maximum Gasteiger partial charge on any atom is 0.341 e. The molecule has 1 aliphatic carbocycles. The summed E-state index contributed by atoms with van der Waals surface area (Å²) in [6, 6.07) is 29.5. The van der Waals surface area contributed by atoms with Crippen LogP contribution in [0, 0.1) is 34.6 Å². The molecule has 5 aromatic rings. The Hall–Kier alpha value is -5.76. The fourth-order valence-corrected chi connectivity index (χ4v) is 9.22. The number of hydrogen-bond acceptors (Lipinski definition) is 16. The zero-order chi connectivity index (χ0) is 56.8. The number of fused-ring (bicyclic) bond motifs is 3. The van der Waals surface area contributed by atoms with Crippen LogP contribution in [0.25, 0.3) is 11.1 Å². The molecule has 0 saturated heterocycles. The van der Waals surface area contributed by atoms with Gasteiger partial charge in [0.1, 0.15) is 35.8 Å². The molecule has 0 spiro atoms. The highest BCUT2D eigenvalue weighted by atomic mass is 16.6. The smallest absolute Gasteiger partial charge is 0.341 e. The van der Waals surface area contributed by atoms with Crippen molar-refractivity contribution in [2.75, 3.05) is 146 Å². The quantitative estimate of drug-likeness (QED) is 0.0291. The van der Waals surface area contributed by atoms with Crippen LogP contribution in [0.1, 0.15) is 90.2 Å². The number of aliphatic hydroxyl groups excluding tert-OH is 1. The number of rotatable bonds is 36. The van der Waals surface area contributed by atoms with Gasteiger partial charge in [-0.1, -0.05) is 77.9 Å². The van der Waals surface area contributed by atoms with Gasteiger partial charge in [0.15, 0.2) is 0 Å². The molecule has 0 bridgehead atoms. The highest BCUT2D eigenvalue weighted by Crippen LogP contribution is 2.57. The summed E-state index contributed by atoms with van der Waals surface area (Å²) in [6.45, 7) is 22.3. The lowest BCUT2D eigenvalue weighted by molar-refractivity contribution is 0.00444.